The summed E-state index contributed by atoms with van der Waals surface area (Å²) in [6, 6.07) is 0. The van der Waals surface area contributed by atoms with Gasteiger partial charge in [-0.1, -0.05) is 0 Å². The van der Waals surface area contributed by atoms with Crippen molar-refractivity contribution in [2.75, 3.05) is 32.8 Å². The van der Waals surface area contributed by atoms with Gasteiger partial charge in [0, 0.05) is 26.1 Å². The van der Waals surface area contributed by atoms with E-state index in [1.54, 1.807) is 0 Å². The summed E-state index contributed by atoms with van der Waals surface area (Å²) in [4.78, 5) is 1.86. The minimum atomic E-state index is 0.0674. The molecule has 0 heterocycles. The Bertz CT molecular complexity index is 124. The number of nitrogens with two attached hydrogens (primary N) is 1. The van der Waals surface area contributed by atoms with Crippen molar-refractivity contribution >= 4 is 5.84 Å². The van der Waals surface area contributed by atoms with Crippen LogP contribution < -0.4 is 5.73 Å². The van der Waals surface area contributed by atoms with Gasteiger partial charge in [0.1, 0.15) is 0 Å². The first kappa shape index (κ1) is 11.4. The summed E-state index contributed by atoms with van der Waals surface area (Å²) >= 11 is 0. The topological polar surface area (TPSA) is 93.6 Å². The van der Waals surface area contributed by atoms with Gasteiger partial charge in [0.15, 0.2) is 0 Å². The fourth-order valence-electron chi connectivity index (χ4n) is 0.897. The van der Waals surface area contributed by atoms with Gasteiger partial charge < -0.3 is 15.9 Å². The molecule has 5 heteroatoms. The molecule has 5 N–H and O–H groups in total. The van der Waals surface area contributed by atoms with Crippen LogP contribution in [0, 0.1) is 5.41 Å². The SMILES string of the molecule is N=C(N)CCN(CCO)CCO. The van der Waals surface area contributed by atoms with Crippen molar-refractivity contribution < 1.29 is 10.2 Å². The Kier molecular flexibility index (Phi) is 6.64. The third-order valence-electron chi connectivity index (χ3n) is 1.53. The lowest BCUT2D eigenvalue weighted by atomic mass is 10.3. The minimum Gasteiger partial charge on any atom is -0.395 e. The van der Waals surface area contributed by atoms with Crippen LogP contribution in [-0.2, 0) is 0 Å². The fourth-order valence-corrected chi connectivity index (χ4v) is 0.897. The zero-order chi connectivity index (χ0) is 9.40. The Hall–Kier alpha value is -0.650. The number of rotatable bonds is 7. The van der Waals surface area contributed by atoms with Gasteiger partial charge in [0.25, 0.3) is 0 Å². The predicted molar refractivity (Wildman–Crippen MR) is 47.1 cm³/mol. The summed E-state index contributed by atoms with van der Waals surface area (Å²) in [5, 5.41) is 24.2. The Morgan fingerprint density at radius 1 is 1.17 bits per heavy atom. The number of amidine groups is 1. The number of nitrogens with zero attached hydrogens (tertiary/aromatic N) is 1. The number of aliphatic hydroxyl groups excluding tert-OH is 2. The minimum absolute atomic E-state index is 0.0674. The van der Waals surface area contributed by atoms with E-state index in [1.807, 2.05) is 4.90 Å². The summed E-state index contributed by atoms with van der Waals surface area (Å²) in [6.45, 7) is 1.80. The molecule has 0 radical (unpaired) electrons. The summed E-state index contributed by atoms with van der Waals surface area (Å²) in [7, 11) is 0. The maximum absolute atomic E-state index is 8.62. The second-order valence-corrected chi connectivity index (χ2v) is 2.56. The van der Waals surface area contributed by atoms with Crippen LogP contribution in [0.3, 0.4) is 0 Å². The lowest BCUT2D eigenvalue weighted by Gasteiger charge is -2.19. The Balaban J connectivity index is 3.54. The smallest absolute Gasteiger partial charge is 0.0918 e. The van der Waals surface area contributed by atoms with E-state index in [0.29, 0.717) is 26.1 Å². The third-order valence-corrected chi connectivity index (χ3v) is 1.53. The molecule has 0 aliphatic heterocycles. The molecule has 12 heavy (non-hydrogen) atoms. The molecule has 0 aromatic rings. The molecule has 0 aromatic carbocycles. The number of nitrogens with one attached hydrogen (secondary N) is 1. The van der Waals surface area contributed by atoms with Crippen molar-refractivity contribution in [2.45, 2.75) is 6.42 Å². The molecule has 0 aliphatic carbocycles. The monoisotopic (exact) mass is 175 g/mol. The van der Waals surface area contributed by atoms with Gasteiger partial charge in [-0.25, -0.2) is 0 Å². The molecular formula is C7H17N3O2. The van der Waals surface area contributed by atoms with Gasteiger partial charge in [-0.05, 0) is 0 Å². The first-order chi connectivity index (χ1) is 5.70. The second kappa shape index (κ2) is 7.02. The van der Waals surface area contributed by atoms with Crippen LogP contribution in [0.4, 0.5) is 0 Å². The first-order valence-corrected chi connectivity index (χ1v) is 3.97. The standard InChI is InChI=1S/C7H17N3O2/c8-7(9)1-2-10(3-5-11)4-6-12/h11-12H,1-6H2,(H3,8,9). The highest BCUT2D eigenvalue weighted by molar-refractivity contribution is 5.76. The molecule has 0 rings (SSSR count). The number of hydrogen-bond acceptors (Lipinski definition) is 4. The molecule has 0 unspecified atom stereocenters. The average Bonchev–Trinajstić information content (AvgIpc) is 2.01. The maximum atomic E-state index is 8.62. The van der Waals surface area contributed by atoms with Crippen molar-refractivity contribution in [3.8, 4) is 0 Å². The molecule has 0 spiro atoms. The van der Waals surface area contributed by atoms with Crippen LogP contribution in [0.15, 0.2) is 0 Å². The Labute approximate surface area is 72.3 Å². The molecule has 0 aliphatic rings. The molecular weight excluding hydrogens is 158 g/mol. The van der Waals surface area contributed by atoms with Crippen LogP contribution >= 0.6 is 0 Å². The molecule has 0 saturated carbocycles. The van der Waals surface area contributed by atoms with Gasteiger partial charge in [-0.2, -0.15) is 0 Å². The van der Waals surface area contributed by atoms with E-state index in [1.165, 1.54) is 0 Å². The highest BCUT2D eigenvalue weighted by Gasteiger charge is 2.02. The van der Waals surface area contributed by atoms with E-state index in [-0.39, 0.29) is 19.0 Å². The van der Waals surface area contributed by atoms with E-state index >= 15 is 0 Å². The molecule has 0 saturated heterocycles. The van der Waals surface area contributed by atoms with E-state index in [4.69, 9.17) is 21.4 Å². The zero-order valence-corrected chi connectivity index (χ0v) is 7.16. The summed E-state index contributed by atoms with van der Waals surface area (Å²) < 4.78 is 0. The largest absolute Gasteiger partial charge is 0.395 e. The lowest BCUT2D eigenvalue weighted by molar-refractivity contribution is 0.164. The van der Waals surface area contributed by atoms with Gasteiger partial charge in [-0.15, -0.1) is 0 Å². The summed E-state index contributed by atoms with van der Waals surface area (Å²) in [6.07, 6.45) is 0.486. The number of aliphatic hydroxyl groups is 2. The van der Waals surface area contributed by atoms with Crippen molar-refractivity contribution in [1.29, 1.82) is 5.41 Å². The van der Waals surface area contributed by atoms with Crippen molar-refractivity contribution in [3.05, 3.63) is 0 Å². The van der Waals surface area contributed by atoms with Gasteiger partial charge in [0.05, 0.1) is 19.0 Å². The molecule has 0 bridgehead atoms. The van der Waals surface area contributed by atoms with E-state index in [2.05, 4.69) is 0 Å². The molecule has 0 aromatic heterocycles. The average molecular weight is 175 g/mol. The highest BCUT2D eigenvalue weighted by Crippen LogP contribution is 1.89. The first-order valence-electron chi connectivity index (χ1n) is 3.97. The molecule has 0 fully saturated rings. The molecule has 0 amide bonds. The fraction of sp³-hybridized carbons (Fsp3) is 0.857. The van der Waals surface area contributed by atoms with Crippen LogP contribution in [0.25, 0.3) is 0 Å². The van der Waals surface area contributed by atoms with E-state index < -0.39 is 0 Å². The molecule has 72 valence electrons. The zero-order valence-electron chi connectivity index (χ0n) is 7.16. The van der Waals surface area contributed by atoms with Crippen molar-refractivity contribution in [3.63, 3.8) is 0 Å². The highest BCUT2D eigenvalue weighted by atomic mass is 16.3. The maximum Gasteiger partial charge on any atom is 0.0918 e. The van der Waals surface area contributed by atoms with E-state index in [9.17, 15) is 0 Å². The van der Waals surface area contributed by atoms with Crippen LogP contribution in [0.5, 0.6) is 0 Å². The molecule has 5 nitrogen and oxygen atoms in total. The van der Waals surface area contributed by atoms with Gasteiger partial charge in [0.2, 0.25) is 0 Å². The summed E-state index contributed by atoms with van der Waals surface area (Å²) in [5.41, 5.74) is 5.16. The summed E-state index contributed by atoms with van der Waals surface area (Å²) in [5.74, 6) is 0.135. The normalized spacial score (nSPS) is 10.6. The van der Waals surface area contributed by atoms with Crippen molar-refractivity contribution in [2.24, 2.45) is 5.73 Å². The predicted octanol–water partition coefficient (Wildman–Crippen LogP) is -1.40. The van der Waals surface area contributed by atoms with Crippen LogP contribution in [0.2, 0.25) is 0 Å². The van der Waals surface area contributed by atoms with Gasteiger partial charge in [-0.3, -0.25) is 10.3 Å². The quantitative estimate of drug-likeness (QED) is 0.283. The lowest BCUT2D eigenvalue weighted by Crippen LogP contribution is -2.32. The van der Waals surface area contributed by atoms with Gasteiger partial charge >= 0.3 is 0 Å². The van der Waals surface area contributed by atoms with E-state index in [0.717, 1.165) is 0 Å². The number of hydrogen-bond donors (Lipinski definition) is 4. The van der Waals surface area contributed by atoms with Crippen LogP contribution in [-0.4, -0.2) is 53.8 Å². The van der Waals surface area contributed by atoms with Crippen LogP contribution in [0.1, 0.15) is 6.42 Å². The Morgan fingerprint density at radius 2 is 1.67 bits per heavy atom. The molecule has 0 atom stereocenters. The third kappa shape index (κ3) is 6.09. The Morgan fingerprint density at radius 3 is 2.00 bits per heavy atom. The van der Waals surface area contributed by atoms with Crippen molar-refractivity contribution in [1.82, 2.24) is 4.90 Å². The second-order valence-electron chi connectivity index (χ2n) is 2.56.